The minimum absolute atomic E-state index is 0.345. The summed E-state index contributed by atoms with van der Waals surface area (Å²) >= 11 is 1.30. The van der Waals surface area contributed by atoms with E-state index < -0.39 is 10.0 Å². The van der Waals surface area contributed by atoms with Crippen molar-refractivity contribution in [1.82, 2.24) is 5.32 Å². The van der Waals surface area contributed by atoms with Crippen LogP contribution in [0, 0.1) is 0 Å². The molecule has 6 heteroatoms. The van der Waals surface area contributed by atoms with Gasteiger partial charge in [-0.3, -0.25) is 4.72 Å². The molecule has 0 saturated carbocycles. The Balaban J connectivity index is 2.15. The van der Waals surface area contributed by atoms with Crippen LogP contribution in [0.2, 0.25) is 0 Å². The molecule has 2 aromatic rings. The lowest BCUT2D eigenvalue weighted by Crippen LogP contribution is -2.12. The number of sulfonamides is 1. The van der Waals surface area contributed by atoms with Gasteiger partial charge in [-0.15, -0.1) is 11.3 Å². The van der Waals surface area contributed by atoms with Gasteiger partial charge >= 0.3 is 0 Å². The van der Waals surface area contributed by atoms with Crippen LogP contribution in [0.5, 0.6) is 0 Å². The van der Waals surface area contributed by atoms with Crippen molar-refractivity contribution in [2.24, 2.45) is 0 Å². The van der Waals surface area contributed by atoms with Crippen LogP contribution < -0.4 is 10.0 Å². The number of thiophene rings is 1. The molecule has 0 unspecified atom stereocenters. The average Bonchev–Trinajstić information content (AvgIpc) is 2.94. The van der Waals surface area contributed by atoms with Crippen molar-refractivity contribution < 1.29 is 8.42 Å². The monoisotopic (exact) mass is 324 g/mol. The molecule has 21 heavy (non-hydrogen) atoms. The number of aryl methyl sites for hydroxylation is 1. The van der Waals surface area contributed by atoms with Crippen molar-refractivity contribution in [2.45, 2.75) is 31.0 Å². The number of hydrogen-bond acceptors (Lipinski definition) is 4. The normalized spacial score (nSPS) is 11.5. The molecular weight excluding hydrogens is 304 g/mol. The Bertz CT molecular complexity index is 693. The summed E-state index contributed by atoms with van der Waals surface area (Å²) in [5.74, 6) is 0. The second-order valence-corrected chi connectivity index (χ2v) is 7.74. The molecule has 0 saturated heterocycles. The van der Waals surface area contributed by atoms with E-state index in [4.69, 9.17) is 0 Å². The molecule has 1 aromatic carbocycles. The Morgan fingerprint density at radius 2 is 1.95 bits per heavy atom. The van der Waals surface area contributed by atoms with Crippen molar-refractivity contribution in [3.05, 3.63) is 46.8 Å². The van der Waals surface area contributed by atoms with Crippen LogP contribution >= 0.6 is 11.3 Å². The van der Waals surface area contributed by atoms with Crippen LogP contribution in [0.3, 0.4) is 0 Å². The molecular formula is C15H20N2O2S2. The molecule has 0 aliphatic rings. The zero-order valence-corrected chi connectivity index (χ0v) is 13.9. The smallest absolute Gasteiger partial charge is 0.271 e. The third-order valence-electron chi connectivity index (χ3n) is 3.04. The van der Waals surface area contributed by atoms with Gasteiger partial charge in [0.2, 0.25) is 0 Å². The molecule has 1 aromatic heterocycles. The van der Waals surface area contributed by atoms with Gasteiger partial charge in [0.15, 0.2) is 0 Å². The molecule has 0 aliphatic carbocycles. The number of nitrogens with one attached hydrogen (secondary N) is 2. The summed E-state index contributed by atoms with van der Waals surface area (Å²) in [7, 11) is -3.50. The highest BCUT2D eigenvalue weighted by molar-refractivity contribution is 7.94. The number of rotatable bonds is 7. The Hall–Kier alpha value is -1.37. The third-order valence-corrected chi connectivity index (χ3v) is 6.00. The molecule has 114 valence electrons. The van der Waals surface area contributed by atoms with Gasteiger partial charge in [-0.25, -0.2) is 8.42 Å². The van der Waals surface area contributed by atoms with Crippen LogP contribution in [0.4, 0.5) is 5.69 Å². The van der Waals surface area contributed by atoms with Crippen molar-refractivity contribution in [3.63, 3.8) is 0 Å². The van der Waals surface area contributed by atoms with Gasteiger partial charge in [0, 0.05) is 17.1 Å². The maximum Gasteiger partial charge on any atom is 0.271 e. The van der Waals surface area contributed by atoms with E-state index in [1.165, 1.54) is 11.3 Å². The Kier molecular flexibility index (Phi) is 5.39. The molecule has 0 radical (unpaired) electrons. The van der Waals surface area contributed by atoms with Crippen molar-refractivity contribution in [2.75, 3.05) is 11.3 Å². The molecule has 2 rings (SSSR count). The van der Waals surface area contributed by atoms with Gasteiger partial charge in [-0.1, -0.05) is 26.0 Å². The summed E-state index contributed by atoms with van der Waals surface area (Å²) < 4.78 is 27.7. The highest BCUT2D eigenvalue weighted by Gasteiger charge is 2.17. The van der Waals surface area contributed by atoms with Crippen LogP contribution in [-0.4, -0.2) is 15.0 Å². The fourth-order valence-electron chi connectivity index (χ4n) is 1.91. The fraction of sp³-hybridized carbons (Fsp3) is 0.333. The maximum atomic E-state index is 12.4. The van der Waals surface area contributed by atoms with Crippen LogP contribution in [0.25, 0.3) is 0 Å². The third kappa shape index (κ3) is 4.30. The first-order chi connectivity index (χ1) is 10.0. The Morgan fingerprint density at radius 3 is 2.67 bits per heavy atom. The van der Waals surface area contributed by atoms with Crippen molar-refractivity contribution >= 4 is 27.0 Å². The van der Waals surface area contributed by atoms with E-state index in [-0.39, 0.29) is 0 Å². The van der Waals surface area contributed by atoms with Crippen LogP contribution in [0.15, 0.2) is 40.6 Å². The molecule has 1 heterocycles. The average molecular weight is 324 g/mol. The number of hydrogen-bond donors (Lipinski definition) is 2. The van der Waals surface area contributed by atoms with Crippen LogP contribution in [-0.2, 0) is 23.0 Å². The number of benzene rings is 1. The van der Waals surface area contributed by atoms with Gasteiger partial charge in [0.05, 0.1) is 0 Å². The minimum atomic E-state index is -3.50. The van der Waals surface area contributed by atoms with E-state index in [1.807, 2.05) is 38.1 Å². The van der Waals surface area contributed by atoms with E-state index in [0.29, 0.717) is 16.4 Å². The molecule has 0 fully saturated rings. The van der Waals surface area contributed by atoms with E-state index in [9.17, 15) is 8.42 Å². The second-order valence-electron chi connectivity index (χ2n) is 4.66. The molecule has 0 amide bonds. The maximum absolute atomic E-state index is 12.4. The summed E-state index contributed by atoms with van der Waals surface area (Å²) in [6, 6.07) is 11.0. The lowest BCUT2D eigenvalue weighted by molar-refractivity contribution is 0.603. The summed E-state index contributed by atoms with van der Waals surface area (Å²) in [5.41, 5.74) is 1.71. The quantitative estimate of drug-likeness (QED) is 0.822. The summed E-state index contributed by atoms with van der Waals surface area (Å²) in [6.45, 7) is 5.62. The second kappa shape index (κ2) is 7.06. The first-order valence-electron chi connectivity index (χ1n) is 6.96. The molecule has 2 N–H and O–H groups in total. The number of anilines is 1. The predicted octanol–water partition coefficient (Wildman–Crippen LogP) is 3.22. The largest absolute Gasteiger partial charge is 0.312 e. The van der Waals surface area contributed by atoms with Gasteiger partial charge in [-0.2, -0.15) is 0 Å². The highest BCUT2D eigenvalue weighted by Crippen LogP contribution is 2.24. The zero-order chi connectivity index (χ0) is 15.3. The fourth-order valence-corrected chi connectivity index (χ4v) is 4.28. The topological polar surface area (TPSA) is 58.2 Å². The molecule has 0 bridgehead atoms. The summed E-state index contributed by atoms with van der Waals surface area (Å²) in [6.07, 6.45) is 0.876. The summed E-state index contributed by atoms with van der Waals surface area (Å²) in [4.78, 5) is 1.01. The Morgan fingerprint density at radius 1 is 1.14 bits per heavy atom. The molecule has 0 spiro atoms. The lowest BCUT2D eigenvalue weighted by atomic mass is 10.1. The van der Waals surface area contributed by atoms with E-state index in [2.05, 4.69) is 10.0 Å². The lowest BCUT2D eigenvalue weighted by Gasteiger charge is -2.07. The standard InChI is InChI=1S/C15H20N2O2S2/c1-3-12-6-5-7-13(10-12)17-21(18,19)15-9-8-14(20-15)11-16-4-2/h5-10,16-17H,3-4,11H2,1-2H3. The molecule has 0 atom stereocenters. The summed E-state index contributed by atoms with van der Waals surface area (Å²) in [5, 5.41) is 3.19. The first-order valence-corrected chi connectivity index (χ1v) is 9.26. The van der Waals surface area contributed by atoms with Crippen molar-refractivity contribution in [3.8, 4) is 0 Å². The van der Waals surface area contributed by atoms with E-state index >= 15 is 0 Å². The zero-order valence-electron chi connectivity index (χ0n) is 12.2. The SMILES string of the molecule is CCNCc1ccc(S(=O)(=O)Nc2cccc(CC)c2)s1. The van der Waals surface area contributed by atoms with Gasteiger partial charge in [-0.05, 0) is 42.8 Å². The van der Waals surface area contributed by atoms with Gasteiger partial charge in [0.25, 0.3) is 10.0 Å². The first kappa shape index (κ1) is 16.0. The van der Waals surface area contributed by atoms with Crippen molar-refractivity contribution in [1.29, 1.82) is 0 Å². The van der Waals surface area contributed by atoms with E-state index in [1.54, 1.807) is 12.1 Å². The molecule has 4 nitrogen and oxygen atoms in total. The minimum Gasteiger partial charge on any atom is -0.312 e. The van der Waals surface area contributed by atoms with Gasteiger partial charge in [0.1, 0.15) is 4.21 Å². The highest BCUT2D eigenvalue weighted by atomic mass is 32.2. The van der Waals surface area contributed by atoms with Gasteiger partial charge < -0.3 is 5.32 Å². The van der Waals surface area contributed by atoms with Crippen LogP contribution in [0.1, 0.15) is 24.3 Å². The predicted molar refractivity (Wildman–Crippen MR) is 88.3 cm³/mol. The molecule has 0 aliphatic heterocycles. The van der Waals surface area contributed by atoms with E-state index in [0.717, 1.165) is 23.4 Å². The Labute approximate surface area is 130 Å².